The first-order chi connectivity index (χ1) is 8.11. The highest BCUT2D eigenvalue weighted by Crippen LogP contribution is 2.31. The van der Waals surface area contributed by atoms with Crippen LogP contribution in [0.5, 0.6) is 0 Å². The Balaban J connectivity index is 2.43. The van der Waals surface area contributed by atoms with Crippen molar-refractivity contribution in [1.29, 1.82) is 0 Å². The molecule has 0 aliphatic heterocycles. The summed E-state index contributed by atoms with van der Waals surface area (Å²) in [6.07, 6.45) is 0.129. The van der Waals surface area contributed by atoms with Crippen LogP contribution in [0.15, 0.2) is 24.3 Å². The number of aryl methyl sites for hydroxylation is 2. The molecule has 0 aliphatic rings. The average Bonchev–Trinajstić information content (AvgIpc) is 2.67. The zero-order valence-corrected chi connectivity index (χ0v) is 11.5. The van der Waals surface area contributed by atoms with E-state index in [2.05, 4.69) is 43.1 Å². The van der Waals surface area contributed by atoms with E-state index in [9.17, 15) is 0 Å². The molecule has 3 heteroatoms. The van der Waals surface area contributed by atoms with Gasteiger partial charge in [-0.3, -0.25) is 0 Å². The van der Waals surface area contributed by atoms with Gasteiger partial charge in [0.25, 0.3) is 0 Å². The summed E-state index contributed by atoms with van der Waals surface area (Å²) in [4.78, 5) is 5.73. The average molecular weight is 247 g/mol. The minimum absolute atomic E-state index is 0.129. The van der Waals surface area contributed by atoms with Crippen LogP contribution in [-0.4, -0.2) is 12.1 Å². The molecule has 0 amide bonds. The van der Waals surface area contributed by atoms with E-state index in [4.69, 9.17) is 4.74 Å². The fraction of sp³-hybridized carbons (Fsp3) is 0.357. The van der Waals surface area contributed by atoms with Gasteiger partial charge in [0, 0.05) is 7.11 Å². The lowest BCUT2D eigenvalue weighted by molar-refractivity contribution is 0.119. The predicted octanol–water partition coefficient (Wildman–Crippen LogP) is 4.13. The van der Waals surface area contributed by atoms with Crippen molar-refractivity contribution in [3.63, 3.8) is 0 Å². The van der Waals surface area contributed by atoms with Gasteiger partial charge in [0.2, 0.25) is 0 Å². The first kappa shape index (κ1) is 12.3. The van der Waals surface area contributed by atoms with Crippen LogP contribution in [0.3, 0.4) is 0 Å². The van der Waals surface area contributed by atoms with Gasteiger partial charge in [0.05, 0.1) is 21.7 Å². The fourth-order valence-electron chi connectivity index (χ4n) is 1.87. The van der Waals surface area contributed by atoms with Crippen LogP contribution in [0.4, 0.5) is 0 Å². The fourth-order valence-corrected chi connectivity index (χ4v) is 2.78. The normalized spacial score (nSPS) is 12.7. The molecule has 0 saturated carbocycles. The zero-order valence-electron chi connectivity index (χ0n) is 10.7. The van der Waals surface area contributed by atoms with E-state index in [1.165, 1.54) is 16.0 Å². The molecule has 0 spiro atoms. The Hall–Kier alpha value is -1.19. The summed E-state index contributed by atoms with van der Waals surface area (Å²) in [7, 11) is 1.74. The van der Waals surface area contributed by atoms with Crippen molar-refractivity contribution in [2.24, 2.45) is 0 Å². The Labute approximate surface area is 106 Å². The molecule has 1 atom stereocenters. The molecule has 0 fully saturated rings. The Bertz CT molecular complexity index is 519. The molecule has 17 heavy (non-hydrogen) atoms. The molecule has 2 aromatic rings. The van der Waals surface area contributed by atoms with E-state index < -0.39 is 0 Å². The molecule has 2 nitrogen and oxygen atoms in total. The summed E-state index contributed by atoms with van der Waals surface area (Å²) < 4.78 is 5.35. The quantitative estimate of drug-likeness (QED) is 0.813. The van der Waals surface area contributed by atoms with Crippen LogP contribution in [0.2, 0.25) is 0 Å². The number of thiazole rings is 1. The summed E-state index contributed by atoms with van der Waals surface area (Å²) in [5.41, 5.74) is 3.54. The standard InChI is InChI=1S/C14H17NOS/c1-9-14(17-11(3)15-9)13-7-5-6-12(8-13)10(2)16-4/h5-8,10H,1-4H3/t10-/m0/s1. The Morgan fingerprint density at radius 1 is 1.29 bits per heavy atom. The third-order valence-electron chi connectivity index (χ3n) is 2.88. The maximum Gasteiger partial charge on any atom is 0.0903 e. The minimum Gasteiger partial charge on any atom is -0.377 e. The van der Waals surface area contributed by atoms with Crippen LogP contribution in [0.25, 0.3) is 10.4 Å². The summed E-state index contributed by atoms with van der Waals surface area (Å²) in [6, 6.07) is 8.50. The number of ether oxygens (including phenoxy) is 1. The molecule has 0 N–H and O–H groups in total. The summed E-state index contributed by atoms with van der Waals surface area (Å²) in [6.45, 7) is 6.16. The number of nitrogens with zero attached hydrogens (tertiary/aromatic N) is 1. The third kappa shape index (κ3) is 2.56. The lowest BCUT2D eigenvalue weighted by Crippen LogP contribution is -1.95. The zero-order chi connectivity index (χ0) is 12.4. The molecule has 0 unspecified atom stereocenters. The van der Waals surface area contributed by atoms with Crippen molar-refractivity contribution in [3.05, 3.63) is 40.5 Å². The van der Waals surface area contributed by atoms with E-state index in [0.29, 0.717) is 0 Å². The Kier molecular flexibility index (Phi) is 3.60. The molecule has 1 heterocycles. The van der Waals surface area contributed by atoms with E-state index in [-0.39, 0.29) is 6.10 Å². The molecule has 0 radical (unpaired) electrons. The maximum atomic E-state index is 5.35. The maximum absolute atomic E-state index is 5.35. The second-order valence-corrected chi connectivity index (χ2v) is 5.35. The van der Waals surface area contributed by atoms with Crippen molar-refractivity contribution < 1.29 is 4.74 Å². The molecule has 90 valence electrons. The third-order valence-corrected chi connectivity index (χ3v) is 4.00. The monoisotopic (exact) mass is 247 g/mol. The molecular formula is C14H17NOS. The van der Waals surface area contributed by atoms with Gasteiger partial charge < -0.3 is 4.74 Å². The van der Waals surface area contributed by atoms with Gasteiger partial charge in [0.1, 0.15) is 0 Å². The van der Waals surface area contributed by atoms with Gasteiger partial charge in [-0.25, -0.2) is 4.98 Å². The second-order valence-electron chi connectivity index (χ2n) is 4.15. The van der Waals surface area contributed by atoms with Gasteiger partial charge in [-0.2, -0.15) is 0 Å². The van der Waals surface area contributed by atoms with Gasteiger partial charge >= 0.3 is 0 Å². The van der Waals surface area contributed by atoms with E-state index in [1.54, 1.807) is 18.4 Å². The number of benzene rings is 1. The van der Waals surface area contributed by atoms with E-state index in [0.717, 1.165) is 10.7 Å². The molecular weight excluding hydrogens is 230 g/mol. The van der Waals surface area contributed by atoms with E-state index >= 15 is 0 Å². The van der Waals surface area contributed by atoms with Gasteiger partial charge in [-0.05, 0) is 38.0 Å². The van der Waals surface area contributed by atoms with Crippen LogP contribution < -0.4 is 0 Å². The van der Waals surface area contributed by atoms with Crippen molar-refractivity contribution in [2.45, 2.75) is 26.9 Å². The number of methoxy groups -OCH3 is 1. The molecule has 0 bridgehead atoms. The smallest absolute Gasteiger partial charge is 0.0903 e. The first-order valence-corrected chi connectivity index (χ1v) is 6.50. The van der Waals surface area contributed by atoms with Crippen molar-refractivity contribution >= 4 is 11.3 Å². The predicted molar refractivity (Wildman–Crippen MR) is 72.4 cm³/mol. The van der Waals surface area contributed by atoms with Crippen LogP contribution >= 0.6 is 11.3 Å². The lowest BCUT2D eigenvalue weighted by Gasteiger charge is -2.10. The molecule has 1 aromatic heterocycles. The van der Waals surface area contributed by atoms with E-state index in [1.807, 2.05) is 6.92 Å². The summed E-state index contributed by atoms with van der Waals surface area (Å²) in [5.74, 6) is 0. The Morgan fingerprint density at radius 2 is 2.06 bits per heavy atom. The lowest BCUT2D eigenvalue weighted by atomic mass is 10.1. The minimum atomic E-state index is 0.129. The largest absolute Gasteiger partial charge is 0.377 e. The molecule has 0 saturated heterocycles. The molecule has 0 aliphatic carbocycles. The SMILES string of the molecule is CO[C@@H](C)c1cccc(-c2sc(C)nc2C)c1. The van der Waals surface area contributed by atoms with Crippen LogP contribution in [0.1, 0.15) is 29.3 Å². The highest BCUT2D eigenvalue weighted by atomic mass is 32.1. The molecule has 2 rings (SSSR count). The van der Waals surface area contributed by atoms with Gasteiger partial charge in [0.15, 0.2) is 0 Å². The topological polar surface area (TPSA) is 22.1 Å². The number of hydrogen-bond acceptors (Lipinski definition) is 3. The number of rotatable bonds is 3. The van der Waals surface area contributed by atoms with Crippen LogP contribution in [-0.2, 0) is 4.74 Å². The second kappa shape index (κ2) is 4.98. The van der Waals surface area contributed by atoms with Crippen molar-refractivity contribution in [2.75, 3.05) is 7.11 Å². The van der Waals surface area contributed by atoms with Crippen molar-refractivity contribution in [3.8, 4) is 10.4 Å². The Morgan fingerprint density at radius 3 is 2.65 bits per heavy atom. The number of hydrogen-bond donors (Lipinski definition) is 0. The summed E-state index contributed by atoms with van der Waals surface area (Å²) >= 11 is 1.74. The first-order valence-electron chi connectivity index (χ1n) is 5.69. The van der Waals surface area contributed by atoms with Crippen molar-refractivity contribution in [1.82, 2.24) is 4.98 Å². The summed E-state index contributed by atoms with van der Waals surface area (Å²) in [5, 5.41) is 1.11. The molecule has 1 aromatic carbocycles. The van der Waals surface area contributed by atoms with Gasteiger partial charge in [-0.1, -0.05) is 18.2 Å². The van der Waals surface area contributed by atoms with Crippen LogP contribution in [0, 0.1) is 13.8 Å². The number of aromatic nitrogens is 1. The highest BCUT2D eigenvalue weighted by molar-refractivity contribution is 7.15. The highest BCUT2D eigenvalue weighted by Gasteiger charge is 2.10. The van der Waals surface area contributed by atoms with Gasteiger partial charge in [-0.15, -0.1) is 11.3 Å².